The van der Waals surface area contributed by atoms with Crippen molar-refractivity contribution in [2.24, 2.45) is 11.3 Å². The van der Waals surface area contributed by atoms with Crippen LogP contribution in [0.3, 0.4) is 0 Å². The van der Waals surface area contributed by atoms with Gasteiger partial charge in [0.1, 0.15) is 6.23 Å². The third-order valence-corrected chi connectivity index (χ3v) is 5.43. The number of aliphatic hydroxyl groups is 1. The van der Waals surface area contributed by atoms with E-state index in [9.17, 15) is 9.90 Å². The van der Waals surface area contributed by atoms with E-state index in [-0.39, 0.29) is 11.0 Å². The van der Waals surface area contributed by atoms with E-state index in [0.29, 0.717) is 41.7 Å². The van der Waals surface area contributed by atoms with Crippen LogP contribution in [-0.4, -0.2) is 41.7 Å². The first-order chi connectivity index (χ1) is 15.8. The molecule has 0 aromatic carbocycles. The van der Waals surface area contributed by atoms with Crippen LogP contribution in [-0.2, 0) is 4.74 Å². The minimum absolute atomic E-state index is 0.161. The van der Waals surface area contributed by atoms with Gasteiger partial charge in [-0.1, -0.05) is 64.7 Å². The number of nitrogens with zero attached hydrogens (tertiary/aromatic N) is 1. The third kappa shape index (κ3) is 9.02. The van der Waals surface area contributed by atoms with Crippen LogP contribution in [0.25, 0.3) is 12.2 Å². The first-order valence-corrected chi connectivity index (χ1v) is 11.7. The number of aliphatic hydroxyl groups excluding tert-OH is 1. The largest absolute Gasteiger partial charge is 0.501 e. The van der Waals surface area contributed by atoms with Gasteiger partial charge < -0.3 is 15.2 Å². The number of methoxy groups -OCH3 is 1. The number of H-pyrrole nitrogens is 1. The summed E-state index contributed by atoms with van der Waals surface area (Å²) < 4.78 is 5.44. The molecule has 33 heavy (non-hydrogen) atoms. The van der Waals surface area contributed by atoms with Crippen molar-refractivity contribution < 1.29 is 9.84 Å². The molecule has 2 unspecified atom stereocenters. The molecule has 1 aromatic heterocycles. The summed E-state index contributed by atoms with van der Waals surface area (Å²) >= 11 is 0. The standard InChI is InChI=1S/C24H36N4O3.C2H6/c1-6-10-19-18(7-2)23(30)28-27-22(19)26-16-24(3,4)15-25-21(29)14-13-17-11-8-9-12-20(17)31-5;1-2/h6-10,12,17,21,25,29H,1,11,13-16H2,2-5H3,(H,26,27)(H,28,30);1-2H3/b18-7+,19-10+;. The fourth-order valence-corrected chi connectivity index (χ4v) is 3.58. The van der Waals surface area contributed by atoms with E-state index in [4.69, 9.17) is 4.74 Å². The van der Waals surface area contributed by atoms with E-state index in [1.807, 2.05) is 32.9 Å². The van der Waals surface area contributed by atoms with Gasteiger partial charge in [0, 0.05) is 29.4 Å². The molecule has 0 bridgehead atoms. The number of hydrogen-bond acceptors (Lipinski definition) is 6. The molecule has 1 heterocycles. The smallest absolute Gasteiger partial charge is 0.271 e. The number of rotatable bonds is 11. The summed E-state index contributed by atoms with van der Waals surface area (Å²) in [5.41, 5.74) is -0.393. The summed E-state index contributed by atoms with van der Waals surface area (Å²) in [5, 5.41) is 24.9. The lowest BCUT2D eigenvalue weighted by Gasteiger charge is -2.28. The molecule has 2 atom stereocenters. The number of nitrogens with one attached hydrogen (secondary N) is 3. The van der Waals surface area contributed by atoms with Crippen LogP contribution in [0.2, 0.25) is 0 Å². The minimum atomic E-state index is -0.583. The maximum absolute atomic E-state index is 12.0. The minimum Gasteiger partial charge on any atom is -0.501 e. The molecule has 0 spiro atoms. The summed E-state index contributed by atoms with van der Waals surface area (Å²) in [4.78, 5) is 12.0. The maximum Gasteiger partial charge on any atom is 0.271 e. The third-order valence-electron chi connectivity index (χ3n) is 5.43. The lowest BCUT2D eigenvalue weighted by Crippen LogP contribution is -2.45. The Hall–Kier alpha value is -2.64. The zero-order valence-electron chi connectivity index (χ0n) is 21.1. The quantitative estimate of drug-likeness (QED) is 0.381. The van der Waals surface area contributed by atoms with Crippen LogP contribution in [0.15, 0.2) is 41.4 Å². The Morgan fingerprint density at radius 1 is 1.36 bits per heavy atom. The molecular formula is C26H42N4O3. The highest BCUT2D eigenvalue weighted by Crippen LogP contribution is 2.26. The molecule has 7 nitrogen and oxygen atoms in total. The lowest BCUT2D eigenvalue weighted by atomic mass is 9.92. The molecule has 0 aliphatic heterocycles. The van der Waals surface area contributed by atoms with Crippen LogP contribution in [0.1, 0.15) is 53.9 Å². The van der Waals surface area contributed by atoms with Crippen molar-refractivity contribution in [1.82, 2.24) is 15.5 Å². The Morgan fingerprint density at radius 3 is 2.73 bits per heavy atom. The molecule has 1 aliphatic rings. The fourth-order valence-electron chi connectivity index (χ4n) is 3.58. The van der Waals surface area contributed by atoms with Gasteiger partial charge in [0.05, 0.1) is 12.9 Å². The Balaban J connectivity index is 0.00000265. The van der Waals surface area contributed by atoms with Gasteiger partial charge in [0.15, 0.2) is 5.82 Å². The SMILES string of the molecule is C=C/C=c1/c(NCC(C)(C)CNC(O)CCC2CC=CC=C2OC)n[nH]c(=O)/c1=C/C.CC. The molecular weight excluding hydrogens is 416 g/mol. The van der Waals surface area contributed by atoms with Gasteiger partial charge in [0.2, 0.25) is 0 Å². The maximum atomic E-state index is 12.0. The lowest BCUT2D eigenvalue weighted by molar-refractivity contribution is 0.104. The van der Waals surface area contributed by atoms with E-state index >= 15 is 0 Å². The van der Waals surface area contributed by atoms with Gasteiger partial charge >= 0.3 is 0 Å². The van der Waals surface area contributed by atoms with Crippen molar-refractivity contribution in [3.8, 4) is 0 Å². The van der Waals surface area contributed by atoms with Crippen LogP contribution in [0.4, 0.5) is 5.82 Å². The second-order valence-electron chi connectivity index (χ2n) is 8.55. The average Bonchev–Trinajstić information content (AvgIpc) is 2.83. The monoisotopic (exact) mass is 458 g/mol. The van der Waals surface area contributed by atoms with E-state index in [1.165, 1.54) is 0 Å². The van der Waals surface area contributed by atoms with E-state index in [0.717, 1.165) is 18.6 Å². The van der Waals surface area contributed by atoms with Crippen molar-refractivity contribution >= 4 is 18.0 Å². The van der Waals surface area contributed by atoms with Gasteiger partial charge in [-0.2, -0.15) is 5.10 Å². The van der Waals surface area contributed by atoms with E-state index < -0.39 is 6.23 Å². The van der Waals surface area contributed by atoms with Crippen molar-refractivity contribution in [2.45, 2.75) is 60.1 Å². The predicted octanol–water partition coefficient (Wildman–Crippen LogP) is 2.80. The van der Waals surface area contributed by atoms with Crippen molar-refractivity contribution in [3.05, 3.63) is 57.4 Å². The first kappa shape index (κ1) is 28.4. The molecule has 1 aromatic rings. The highest BCUT2D eigenvalue weighted by atomic mass is 16.5. The second-order valence-corrected chi connectivity index (χ2v) is 8.55. The van der Waals surface area contributed by atoms with Crippen molar-refractivity contribution in [2.75, 3.05) is 25.5 Å². The number of anilines is 1. The molecule has 1 aliphatic carbocycles. The number of hydrogen-bond donors (Lipinski definition) is 4. The molecule has 7 heteroatoms. The summed E-state index contributed by atoms with van der Waals surface area (Å²) in [7, 11) is 1.69. The molecule has 4 N–H and O–H groups in total. The average molecular weight is 459 g/mol. The van der Waals surface area contributed by atoms with Crippen LogP contribution < -0.4 is 26.6 Å². The fraction of sp³-hybridized carbons (Fsp3) is 0.538. The highest BCUT2D eigenvalue weighted by Gasteiger charge is 2.21. The summed E-state index contributed by atoms with van der Waals surface area (Å²) in [6, 6.07) is 0. The zero-order valence-corrected chi connectivity index (χ0v) is 21.1. The molecule has 0 fully saturated rings. The molecule has 0 amide bonds. The van der Waals surface area contributed by atoms with Crippen LogP contribution in [0, 0.1) is 11.3 Å². The van der Waals surface area contributed by atoms with Gasteiger partial charge in [-0.25, -0.2) is 5.10 Å². The first-order valence-electron chi connectivity index (χ1n) is 11.7. The number of aromatic amines is 1. The number of ether oxygens (including phenoxy) is 1. The molecule has 0 saturated heterocycles. The Kier molecular flexibility index (Phi) is 12.5. The highest BCUT2D eigenvalue weighted by molar-refractivity contribution is 5.48. The molecule has 184 valence electrons. The van der Waals surface area contributed by atoms with Crippen LogP contribution in [0.5, 0.6) is 0 Å². The summed E-state index contributed by atoms with van der Waals surface area (Å²) in [5.74, 6) is 1.89. The molecule has 0 saturated carbocycles. The Labute approximate surface area is 198 Å². The topological polar surface area (TPSA) is 99.3 Å². The zero-order chi connectivity index (χ0) is 24.9. The van der Waals surface area contributed by atoms with Gasteiger partial charge in [-0.05, 0) is 37.7 Å². The van der Waals surface area contributed by atoms with Crippen LogP contribution >= 0.6 is 0 Å². The second kappa shape index (κ2) is 14.5. The Bertz CT molecular complexity index is 976. The van der Waals surface area contributed by atoms with E-state index in [2.05, 4.69) is 47.3 Å². The number of aromatic nitrogens is 2. The predicted molar refractivity (Wildman–Crippen MR) is 138 cm³/mol. The summed E-state index contributed by atoms with van der Waals surface area (Å²) in [6.45, 7) is 15.0. The normalized spacial score (nSPS) is 17.7. The van der Waals surface area contributed by atoms with Gasteiger partial charge in [-0.3, -0.25) is 10.1 Å². The van der Waals surface area contributed by atoms with Gasteiger partial charge in [0.25, 0.3) is 5.56 Å². The molecule has 2 rings (SSSR count). The van der Waals surface area contributed by atoms with Crippen molar-refractivity contribution in [1.29, 1.82) is 0 Å². The van der Waals surface area contributed by atoms with E-state index in [1.54, 1.807) is 25.3 Å². The molecule has 0 radical (unpaired) electrons. The van der Waals surface area contributed by atoms with Gasteiger partial charge in [-0.15, -0.1) is 0 Å². The van der Waals surface area contributed by atoms with Crippen molar-refractivity contribution in [3.63, 3.8) is 0 Å². The number of allylic oxidation sites excluding steroid dienone is 5. The Morgan fingerprint density at radius 2 is 2.09 bits per heavy atom. The summed E-state index contributed by atoms with van der Waals surface area (Å²) in [6.07, 6.45) is 13.2.